The molecule has 0 saturated heterocycles. The number of benzene rings is 2. The van der Waals surface area contributed by atoms with Gasteiger partial charge >= 0.3 is 6.03 Å². The van der Waals surface area contributed by atoms with E-state index < -0.39 is 0 Å². The van der Waals surface area contributed by atoms with Gasteiger partial charge in [-0.1, -0.05) is 42.0 Å². The standard InChI is InChI=1S/C19H24N2O2/c1-13-6-5-7-17(10-13)11-20-19(22)21-12-23-18-15(3)9-8-14(2)16(18)4/h5-10H,11-12H2,1-4H3,(H2,20,21,22). The van der Waals surface area contributed by atoms with E-state index in [2.05, 4.69) is 22.8 Å². The van der Waals surface area contributed by atoms with Gasteiger partial charge < -0.3 is 15.4 Å². The number of nitrogens with one attached hydrogen (secondary N) is 2. The lowest BCUT2D eigenvalue weighted by atomic mass is 10.1. The molecule has 0 heterocycles. The first-order valence-corrected chi connectivity index (χ1v) is 7.74. The van der Waals surface area contributed by atoms with Crippen LogP contribution in [-0.2, 0) is 6.54 Å². The van der Waals surface area contributed by atoms with Crippen LogP contribution in [0, 0.1) is 27.7 Å². The van der Waals surface area contributed by atoms with Crippen LogP contribution in [0.1, 0.15) is 27.8 Å². The molecular weight excluding hydrogens is 288 g/mol. The third-order valence-electron chi connectivity index (χ3n) is 3.86. The molecule has 0 aromatic heterocycles. The Kier molecular flexibility index (Phi) is 5.63. The molecule has 0 aliphatic carbocycles. The maximum atomic E-state index is 11.8. The van der Waals surface area contributed by atoms with Gasteiger partial charge in [0.2, 0.25) is 0 Å². The maximum Gasteiger partial charge on any atom is 0.317 e. The minimum atomic E-state index is -0.241. The molecule has 2 aromatic rings. The van der Waals surface area contributed by atoms with E-state index in [-0.39, 0.29) is 12.8 Å². The number of carbonyl (C=O) groups is 1. The van der Waals surface area contributed by atoms with E-state index in [4.69, 9.17) is 4.74 Å². The lowest BCUT2D eigenvalue weighted by Crippen LogP contribution is -2.37. The molecule has 122 valence electrons. The first-order chi connectivity index (χ1) is 11.0. The summed E-state index contributed by atoms with van der Waals surface area (Å²) in [5.41, 5.74) is 5.60. The van der Waals surface area contributed by atoms with Gasteiger partial charge in [-0.3, -0.25) is 0 Å². The zero-order chi connectivity index (χ0) is 16.8. The Bertz CT molecular complexity index is 696. The van der Waals surface area contributed by atoms with Crippen LogP contribution in [0.5, 0.6) is 5.75 Å². The van der Waals surface area contributed by atoms with Crippen molar-refractivity contribution in [2.75, 3.05) is 6.73 Å². The van der Waals surface area contributed by atoms with Gasteiger partial charge in [0.05, 0.1) is 0 Å². The van der Waals surface area contributed by atoms with Gasteiger partial charge in [-0.05, 0) is 49.9 Å². The van der Waals surface area contributed by atoms with Crippen molar-refractivity contribution in [2.24, 2.45) is 0 Å². The number of carbonyl (C=O) groups excluding carboxylic acids is 1. The molecule has 23 heavy (non-hydrogen) atoms. The SMILES string of the molecule is Cc1cccc(CNC(=O)NCOc2c(C)ccc(C)c2C)c1. The van der Waals surface area contributed by atoms with E-state index in [1.807, 2.05) is 52.0 Å². The molecule has 0 atom stereocenters. The van der Waals surface area contributed by atoms with Gasteiger partial charge in [0.1, 0.15) is 5.75 Å². The van der Waals surface area contributed by atoms with Crippen LogP contribution in [0.2, 0.25) is 0 Å². The normalized spacial score (nSPS) is 10.3. The van der Waals surface area contributed by atoms with E-state index in [1.165, 1.54) is 11.1 Å². The number of hydrogen-bond acceptors (Lipinski definition) is 2. The molecule has 0 aliphatic heterocycles. The zero-order valence-electron chi connectivity index (χ0n) is 14.2. The molecule has 0 fully saturated rings. The Labute approximate surface area is 137 Å². The fraction of sp³-hybridized carbons (Fsp3) is 0.316. The van der Waals surface area contributed by atoms with E-state index in [1.54, 1.807) is 0 Å². The highest BCUT2D eigenvalue weighted by Crippen LogP contribution is 2.25. The molecule has 0 aliphatic rings. The highest BCUT2D eigenvalue weighted by atomic mass is 16.5. The van der Waals surface area contributed by atoms with Crippen LogP contribution in [0.4, 0.5) is 4.79 Å². The Morgan fingerprint density at radius 3 is 2.48 bits per heavy atom. The highest BCUT2D eigenvalue weighted by Gasteiger charge is 2.07. The molecule has 2 N–H and O–H groups in total. The first-order valence-electron chi connectivity index (χ1n) is 7.74. The zero-order valence-corrected chi connectivity index (χ0v) is 14.2. The van der Waals surface area contributed by atoms with Gasteiger partial charge in [-0.15, -0.1) is 0 Å². The van der Waals surface area contributed by atoms with Crippen molar-refractivity contribution in [3.8, 4) is 5.75 Å². The average Bonchev–Trinajstić information content (AvgIpc) is 2.52. The Morgan fingerprint density at radius 2 is 1.74 bits per heavy atom. The van der Waals surface area contributed by atoms with Crippen molar-refractivity contribution in [3.05, 3.63) is 64.2 Å². The smallest absolute Gasteiger partial charge is 0.317 e. The molecular formula is C19H24N2O2. The van der Waals surface area contributed by atoms with Crippen LogP contribution in [0.3, 0.4) is 0 Å². The largest absolute Gasteiger partial charge is 0.473 e. The van der Waals surface area contributed by atoms with Crippen LogP contribution >= 0.6 is 0 Å². The summed E-state index contributed by atoms with van der Waals surface area (Å²) in [5.74, 6) is 0.837. The molecule has 0 bridgehead atoms. The quantitative estimate of drug-likeness (QED) is 0.826. The number of ether oxygens (including phenoxy) is 1. The molecule has 0 unspecified atom stereocenters. The van der Waals surface area contributed by atoms with Crippen LogP contribution in [0.25, 0.3) is 0 Å². The summed E-state index contributed by atoms with van der Waals surface area (Å²) >= 11 is 0. The third kappa shape index (κ3) is 4.74. The van der Waals surface area contributed by atoms with Crippen molar-refractivity contribution in [3.63, 3.8) is 0 Å². The van der Waals surface area contributed by atoms with E-state index in [0.29, 0.717) is 6.54 Å². The summed E-state index contributed by atoms with van der Waals surface area (Å²) in [7, 11) is 0. The predicted octanol–water partition coefficient (Wildman–Crippen LogP) is 3.76. The van der Waals surface area contributed by atoms with Gasteiger partial charge in [-0.2, -0.15) is 0 Å². The van der Waals surface area contributed by atoms with Crippen LogP contribution in [-0.4, -0.2) is 12.8 Å². The molecule has 2 amide bonds. The molecule has 0 saturated carbocycles. The summed E-state index contributed by atoms with van der Waals surface area (Å²) < 4.78 is 5.72. The first kappa shape index (κ1) is 16.9. The molecule has 4 heteroatoms. The van der Waals surface area contributed by atoms with Gasteiger partial charge in [0.25, 0.3) is 0 Å². The monoisotopic (exact) mass is 312 g/mol. The highest BCUT2D eigenvalue weighted by molar-refractivity contribution is 5.73. The van der Waals surface area contributed by atoms with Gasteiger partial charge in [0.15, 0.2) is 6.73 Å². The summed E-state index contributed by atoms with van der Waals surface area (Å²) in [4.78, 5) is 11.8. The second kappa shape index (κ2) is 7.68. The molecule has 4 nitrogen and oxygen atoms in total. The van der Waals surface area contributed by atoms with Crippen LogP contribution in [0.15, 0.2) is 36.4 Å². The van der Waals surface area contributed by atoms with Crippen molar-refractivity contribution in [2.45, 2.75) is 34.2 Å². The van der Waals surface area contributed by atoms with Crippen LogP contribution < -0.4 is 15.4 Å². The van der Waals surface area contributed by atoms with E-state index >= 15 is 0 Å². The predicted molar refractivity (Wildman–Crippen MR) is 92.7 cm³/mol. The maximum absolute atomic E-state index is 11.8. The minimum Gasteiger partial charge on any atom is -0.473 e. The molecule has 2 rings (SSSR count). The van der Waals surface area contributed by atoms with Gasteiger partial charge in [-0.25, -0.2) is 4.79 Å². The fourth-order valence-corrected chi connectivity index (χ4v) is 2.39. The topological polar surface area (TPSA) is 50.4 Å². The molecule has 0 radical (unpaired) electrons. The third-order valence-corrected chi connectivity index (χ3v) is 3.86. The van der Waals surface area contributed by atoms with Crippen molar-refractivity contribution >= 4 is 6.03 Å². The van der Waals surface area contributed by atoms with Gasteiger partial charge in [0, 0.05) is 6.54 Å². The Balaban J connectivity index is 1.80. The van der Waals surface area contributed by atoms with E-state index in [9.17, 15) is 4.79 Å². The summed E-state index contributed by atoms with van der Waals surface area (Å²) in [6.45, 7) is 8.74. The summed E-state index contributed by atoms with van der Waals surface area (Å²) in [5, 5.41) is 5.54. The molecule has 0 spiro atoms. The van der Waals surface area contributed by atoms with Crippen molar-refractivity contribution in [1.29, 1.82) is 0 Å². The number of amides is 2. The lowest BCUT2D eigenvalue weighted by Gasteiger charge is -2.14. The Morgan fingerprint density at radius 1 is 1.00 bits per heavy atom. The second-order valence-corrected chi connectivity index (χ2v) is 5.79. The molecule has 2 aromatic carbocycles. The number of urea groups is 1. The fourth-order valence-electron chi connectivity index (χ4n) is 2.39. The summed E-state index contributed by atoms with van der Waals surface area (Å²) in [6.07, 6.45) is 0. The number of rotatable bonds is 5. The number of hydrogen-bond donors (Lipinski definition) is 2. The van der Waals surface area contributed by atoms with E-state index in [0.717, 1.165) is 22.4 Å². The lowest BCUT2D eigenvalue weighted by molar-refractivity contribution is 0.223. The van der Waals surface area contributed by atoms with Crippen molar-refractivity contribution in [1.82, 2.24) is 10.6 Å². The number of aryl methyl sites for hydroxylation is 3. The second-order valence-electron chi connectivity index (χ2n) is 5.79. The van der Waals surface area contributed by atoms with Crippen molar-refractivity contribution < 1.29 is 9.53 Å². The average molecular weight is 312 g/mol. The Hall–Kier alpha value is -2.49. The summed E-state index contributed by atoms with van der Waals surface area (Å²) in [6, 6.07) is 11.9. The minimum absolute atomic E-state index is 0.144.